The van der Waals surface area contributed by atoms with Gasteiger partial charge in [-0.05, 0) is 42.1 Å². The fourth-order valence-electron chi connectivity index (χ4n) is 3.75. The maximum Gasteiger partial charge on any atom is 0.151 e. The molecule has 2 aliphatic rings. The first kappa shape index (κ1) is 13.6. The SMILES string of the molecule is Cn1ccc2cc(-c3ccc(N4CC5=CNCC5C4)nn3)ccc21. The topological polar surface area (TPSA) is 46.0 Å². The minimum atomic E-state index is 0.631. The predicted molar refractivity (Wildman–Crippen MR) is 95.7 cm³/mol. The van der Waals surface area contributed by atoms with Gasteiger partial charge in [0.05, 0.1) is 5.69 Å². The lowest BCUT2D eigenvalue weighted by Gasteiger charge is -2.16. The van der Waals surface area contributed by atoms with Gasteiger partial charge in [-0.25, -0.2) is 0 Å². The van der Waals surface area contributed by atoms with Crippen LogP contribution < -0.4 is 10.2 Å². The number of rotatable bonds is 2. The van der Waals surface area contributed by atoms with Crippen LogP contribution >= 0.6 is 0 Å². The van der Waals surface area contributed by atoms with Crippen LogP contribution in [0.15, 0.2) is 54.4 Å². The summed E-state index contributed by atoms with van der Waals surface area (Å²) in [5, 5.41) is 13.5. The Morgan fingerprint density at radius 2 is 2.08 bits per heavy atom. The zero-order chi connectivity index (χ0) is 16.1. The van der Waals surface area contributed by atoms with Gasteiger partial charge in [-0.15, -0.1) is 10.2 Å². The van der Waals surface area contributed by atoms with Gasteiger partial charge in [-0.3, -0.25) is 0 Å². The Balaban J connectivity index is 1.43. The van der Waals surface area contributed by atoms with Crippen LogP contribution in [0.2, 0.25) is 0 Å². The number of aromatic nitrogens is 3. The van der Waals surface area contributed by atoms with Crippen molar-refractivity contribution >= 4 is 16.7 Å². The van der Waals surface area contributed by atoms with Crippen LogP contribution in [0.4, 0.5) is 5.82 Å². The van der Waals surface area contributed by atoms with Gasteiger partial charge in [0.15, 0.2) is 5.82 Å². The number of hydrogen-bond acceptors (Lipinski definition) is 4. The lowest BCUT2D eigenvalue weighted by Crippen LogP contribution is -2.24. The van der Waals surface area contributed by atoms with Gasteiger partial charge in [-0.2, -0.15) is 0 Å². The molecule has 3 aromatic rings. The number of fused-ring (bicyclic) bond motifs is 2. The second-order valence-corrected chi connectivity index (χ2v) is 6.68. The first-order chi connectivity index (χ1) is 11.8. The first-order valence-electron chi connectivity index (χ1n) is 8.34. The molecule has 1 unspecified atom stereocenters. The fraction of sp³-hybridized carbons (Fsp3) is 0.263. The van der Waals surface area contributed by atoms with E-state index < -0.39 is 0 Å². The maximum atomic E-state index is 4.47. The van der Waals surface area contributed by atoms with Gasteiger partial charge in [0.1, 0.15) is 0 Å². The summed E-state index contributed by atoms with van der Waals surface area (Å²) in [6.07, 6.45) is 4.23. The first-order valence-corrected chi connectivity index (χ1v) is 8.34. The summed E-state index contributed by atoms with van der Waals surface area (Å²) in [6, 6.07) is 12.7. The van der Waals surface area contributed by atoms with Gasteiger partial charge in [-0.1, -0.05) is 6.07 Å². The molecule has 1 saturated heterocycles. The van der Waals surface area contributed by atoms with Crippen LogP contribution in [0, 0.1) is 5.92 Å². The molecule has 24 heavy (non-hydrogen) atoms. The van der Waals surface area contributed by atoms with Gasteiger partial charge in [0.25, 0.3) is 0 Å². The summed E-state index contributed by atoms with van der Waals surface area (Å²) in [6.45, 7) is 3.04. The van der Waals surface area contributed by atoms with E-state index in [1.54, 1.807) is 0 Å². The monoisotopic (exact) mass is 317 g/mol. The number of hydrogen-bond donors (Lipinski definition) is 1. The number of aryl methyl sites for hydroxylation is 1. The van der Waals surface area contributed by atoms with E-state index in [4.69, 9.17) is 0 Å². The average Bonchev–Trinajstić information content (AvgIpc) is 3.30. The molecule has 1 fully saturated rings. The van der Waals surface area contributed by atoms with E-state index in [-0.39, 0.29) is 0 Å². The average molecular weight is 317 g/mol. The van der Waals surface area contributed by atoms with E-state index in [1.807, 2.05) is 0 Å². The van der Waals surface area contributed by atoms with Crippen molar-refractivity contribution < 1.29 is 0 Å². The lowest BCUT2D eigenvalue weighted by atomic mass is 10.1. The van der Waals surface area contributed by atoms with Crippen LogP contribution in [0.3, 0.4) is 0 Å². The van der Waals surface area contributed by atoms with Crippen LogP contribution in [-0.2, 0) is 7.05 Å². The van der Waals surface area contributed by atoms with E-state index in [0.29, 0.717) is 5.92 Å². The largest absolute Gasteiger partial charge is 0.390 e. The molecular formula is C19H19N5. The molecule has 1 N–H and O–H groups in total. The Labute approximate surface area is 140 Å². The second-order valence-electron chi connectivity index (χ2n) is 6.68. The van der Waals surface area contributed by atoms with Crippen LogP contribution in [-0.4, -0.2) is 34.4 Å². The summed E-state index contributed by atoms with van der Waals surface area (Å²) in [4.78, 5) is 2.31. The van der Waals surface area contributed by atoms with Crippen LogP contribution in [0.1, 0.15) is 0 Å². The highest BCUT2D eigenvalue weighted by atomic mass is 15.3. The molecule has 5 heteroatoms. The predicted octanol–water partition coefficient (Wildman–Crippen LogP) is 2.56. The fourth-order valence-corrected chi connectivity index (χ4v) is 3.75. The van der Waals surface area contributed by atoms with Crippen molar-refractivity contribution in [2.45, 2.75) is 0 Å². The number of nitrogens with zero attached hydrogens (tertiary/aromatic N) is 4. The van der Waals surface area contributed by atoms with Gasteiger partial charge in [0, 0.05) is 55.3 Å². The highest BCUT2D eigenvalue weighted by molar-refractivity contribution is 5.85. The highest BCUT2D eigenvalue weighted by Crippen LogP contribution is 2.29. The van der Waals surface area contributed by atoms with Gasteiger partial charge < -0.3 is 14.8 Å². The minimum Gasteiger partial charge on any atom is -0.390 e. The number of benzene rings is 1. The van der Waals surface area contributed by atoms with E-state index in [9.17, 15) is 0 Å². The van der Waals surface area contributed by atoms with Crippen LogP contribution in [0.25, 0.3) is 22.2 Å². The second kappa shape index (κ2) is 5.09. The quantitative estimate of drug-likeness (QED) is 0.789. The van der Waals surface area contributed by atoms with Crippen molar-refractivity contribution in [3.63, 3.8) is 0 Å². The summed E-state index contributed by atoms with van der Waals surface area (Å²) < 4.78 is 2.13. The molecule has 0 amide bonds. The van der Waals surface area contributed by atoms with E-state index in [2.05, 4.69) is 80.8 Å². The molecular weight excluding hydrogens is 298 g/mol. The van der Waals surface area contributed by atoms with E-state index in [0.717, 1.165) is 36.7 Å². The van der Waals surface area contributed by atoms with Gasteiger partial charge in [0.2, 0.25) is 0 Å². The Hall–Kier alpha value is -2.82. The molecule has 0 spiro atoms. The molecule has 4 heterocycles. The zero-order valence-corrected chi connectivity index (χ0v) is 13.6. The van der Waals surface area contributed by atoms with Crippen molar-refractivity contribution in [3.05, 3.63) is 54.4 Å². The molecule has 0 aliphatic carbocycles. The Bertz CT molecular complexity index is 938. The van der Waals surface area contributed by atoms with E-state index >= 15 is 0 Å². The molecule has 2 aliphatic heterocycles. The van der Waals surface area contributed by atoms with Crippen molar-refractivity contribution in [2.75, 3.05) is 24.5 Å². The standard InChI is InChI=1S/C19H19N5/c1-23-7-6-14-8-13(2-4-18(14)23)17-3-5-19(22-21-17)24-11-15-9-20-10-16(15)12-24/h2-9,16,20H,10-12H2,1H3. The number of nitrogens with one attached hydrogen (secondary N) is 1. The normalized spacial score (nSPS) is 19.5. The highest BCUT2D eigenvalue weighted by Gasteiger charge is 2.30. The Morgan fingerprint density at radius 3 is 2.92 bits per heavy atom. The molecule has 0 radical (unpaired) electrons. The molecule has 1 atom stereocenters. The molecule has 0 bridgehead atoms. The van der Waals surface area contributed by atoms with Crippen molar-refractivity contribution in [1.29, 1.82) is 0 Å². The summed E-state index contributed by atoms with van der Waals surface area (Å²) >= 11 is 0. The van der Waals surface area contributed by atoms with E-state index in [1.165, 1.54) is 16.5 Å². The molecule has 120 valence electrons. The Kier molecular flexibility index (Phi) is 2.89. The zero-order valence-electron chi connectivity index (χ0n) is 13.6. The number of anilines is 1. The molecule has 0 saturated carbocycles. The van der Waals surface area contributed by atoms with Crippen molar-refractivity contribution in [2.24, 2.45) is 13.0 Å². The maximum absolute atomic E-state index is 4.47. The lowest BCUT2D eigenvalue weighted by molar-refractivity contribution is 0.674. The van der Waals surface area contributed by atoms with Gasteiger partial charge >= 0.3 is 0 Å². The third-order valence-electron chi connectivity index (χ3n) is 5.15. The molecule has 5 nitrogen and oxygen atoms in total. The smallest absolute Gasteiger partial charge is 0.151 e. The van der Waals surface area contributed by atoms with Crippen LogP contribution in [0.5, 0.6) is 0 Å². The third-order valence-corrected chi connectivity index (χ3v) is 5.15. The summed E-state index contributed by atoms with van der Waals surface area (Å²) in [5.41, 5.74) is 4.74. The Morgan fingerprint density at radius 1 is 1.12 bits per heavy atom. The molecule has 1 aromatic carbocycles. The minimum absolute atomic E-state index is 0.631. The summed E-state index contributed by atoms with van der Waals surface area (Å²) in [7, 11) is 2.06. The molecule has 2 aromatic heterocycles. The van der Waals surface area contributed by atoms with Crippen molar-refractivity contribution in [1.82, 2.24) is 20.1 Å². The molecule has 5 rings (SSSR count). The summed E-state index contributed by atoms with van der Waals surface area (Å²) in [5.74, 6) is 1.60. The van der Waals surface area contributed by atoms with Crippen molar-refractivity contribution in [3.8, 4) is 11.3 Å². The third kappa shape index (κ3) is 2.08.